The maximum Gasteiger partial charge on any atom is 0.345 e. The van der Waals surface area contributed by atoms with E-state index in [1.807, 2.05) is 18.2 Å². The second-order valence-corrected chi connectivity index (χ2v) is 7.93. The van der Waals surface area contributed by atoms with Crippen LogP contribution in [0.3, 0.4) is 0 Å². The van der Waals surface area contributed by atoms with E-state index in [9.17, 15) is 15.0 Å². The van der Waals surface area contributed by atoms with Crippen LogP contribution in [0.1, 0.15) is 38.5 Å². The van der Waals surface area contributed by atoms with Gasteiger partial charge in [0.25, 0.3) is 0 Å². The summed E-state index contributed by atoms with van der Waals surface area (Å²) in [5.41, 5.74) is 1.87. The van der Waals surface area contributed by atoms with Gasteiger partial charge in [-0.25, -0.2) is 4.79 Å². The predicted octanol–water partition coefficient (Wildman–Crippen LogP) is 3.22. The zero-order valence-corrected chi connectivity index (χ0v) is 14.7. The molecule has 0 radical (unpaired) electrons. The highest BCUT2D eigenvalue weighted by Crippen LogP contribution is 2.44. The Morgan fingerprint density at radius 3 is 2.80 bits per heavy atom. The van der Waals surface area contributed by atoms with Crippen molar-refractivity contribution < 1.29 is 19.7 Å². The van der Waals surface area contributed by atoms with Crippen LogP contribution in [0.15, 0.2) is 30.3 Å². The fourth-order valence-corrected chi connectivity index (χ4v) is 4.99. The molecule has 0 bridgehead atoms. The molecule has 1 spiro atoms. The van der Waals surface area contributed by atoms with Crippen LogP contribution in [0, 0.1) is 0 Å². The number of aromatic hydroxyl groups is 1. The molecule has 0 aliphatic carbocycles. The van der Waals surface area contributed by atoms with E-state index in [4.69, 9.17) is 4.74 Å². The molecule has 1 fully saturated rings. The van der Waals surface area contributed by atoms with Gasteiger partial charge in [0.05, 0.1) is 12.2 Å². The summed E-state index contributed by atoms with van der Waals surface area (Å²) in [5.74, 6) is -0.554. The number of hydrogen-bond acceptors (Lipinski definition) is 5. The van der Waals surface area contributed by atoms with E-state index in [1.165, 1.54) is 16.2 Å². The van der Waals surface area contributed by atoms with Crippen molar-refractivity contribution in [2.45, 2.75) is 31.4 Å². The van der Waals surface area contributed by atoms with E-state index in [-0.39, 0.29) is 5.60 Å². The molecule has 1 saturated heterocycles. The summed E-state index contributed by atoms with van der Waals surface area (Å²) < 4.78 is 6.19. The highest BCUT2D eigenvalue weighted by molar-refractivity contribution is 7.14. The average Bonchev–Trinajstić information content (AvgIpc) is 3.04. The minimum Gasteiger partial charge on any atom is -0.508 e. The number of hydrogen-bond donors (Lipinski definition) is 2. The monoisotopic (exact) mass is 359 g/mol. The number of fused-ring (bicyclic) bond motifs is 2. The Morgan fingerprint density at radius 2 is 2.08 bits per heavy atom. The first-order valence-corrected chi connectivity index (χ1v) is 9.38. The summed E-state index contributed by atoms with van der Waals surface area (Å²) in [5, 5.41) is 18.9. The minimum atomic E-state index is -0.851. The van der Waals surface area contributed by atoms with Gasteiger partial charge < -0.3 is 14.9 Å². The predicted molar refractivity (Wildman–Crippen MR) is 95.2 cm³/mol. The summed E-state index contributed by atoms with van der Waals surface area (Å²) in [6.45, 7) is 3.27. The maximum atomic E-state index is 11.3. The first-order chi connectivity index (χ1) is 12.1. The standard InChI is InChI=1S/C19H21NO4S/c21-14-3-1-2-13(10-14)12-20-7-5-19(6-8-20)15-11-17(18(22)23)25-16(15)4-9-24-19/h1-3,10-11,21H,4-9,12H2,(H,22,23). The van der Waals surface area contributed by atoms with Crippen LogP contribution in [0.4, 0.5) is 0 Å². The number of carboxylic acid groups (broad SMARTS) is 1. The molecule has 2 aliphatic rings. The SMILES string of the molecule is O=C(O)c1cc2c(s1)CCOC21CCN(Cc2cccc(O)c2)CC1. The number of nitrogens with zero attached hydrogens (tertiary/aromatic N) is 1. The summed E-state index contributed by atoms with van der Waals surface area (Å²) >= 11 is 1.40. The van der Waals surface area contributed by atoms with E-state index < -0.39 is 5.97 Å². The van der Waals surface area contributed by atoms with Crippen molar-refractivity contribution in [3.05, 3.63) is 51.2 Å². The molecule has 132 valence electrons. The number of ether oxygens (including phenoxy) is 1. The number of aromatic carboxylic acids is 1. The van der Waals surface area contributed by atoms with Crippen molar-refractivity contribution in [2.24, 2.45) is 0 Å². The molecule has 2 aliphatic heterocycles. The molecule has 25 heavy (non-hydrogen) atoms. The maximum absolute atomic E-state index is 11.3. The smallest absolute Gasteiger partial charge is 0.345 e. The van der Waals surface area contributed by atoms with Gasteiger partial charge in [-0.1, -0.05) is 12.1 Å². The molecule has 0 amide bonds. The number of carbonyl (C=O) groups is 1. The van der Waals surface area contributed by atoms with Crippen molar-refractivity contribution in [1.29, 1.82) is 0 Å². The van der Waals surface area contributed by atoms with Crippen LogP contribution in [0.5, 0.6) is 5.75 Å². The van der Waals surface area contributed by atoms with Crippen LogP contribution in [0.25, 0.3) is 0 Å². The van der Waals surface area contributed by atoms with Crippen LogP contribution in [-0.2, 0) is 23.3 Å². The van der Waals surface area contributed by atoms with Crippen molar-refractivity contribution in [2.75, 3.05) is 19.7 Å². The Balaban J connectivity index is 1.49. The summed E-state index contributed by atoms with van der Waals surface area (Å²) in [7, 11) is 0. The number of phenols is 1. The molecular formula is C19H21NO4S. The molecule has 0 unspecified atom stereocenters. The molecule has 1 aromatic heterocycles. The van der Waals surface area contributed by atoms with Gasteiger partial charge >= 0.3 is 5.97 Å². The van der Waals surface area contributed by atoms with E-state index in [0.29, 0.717) is 17.2 Å². The van der Waals surface area contributed by atoms with E-state index in [0.717, 1.165) is 50.0 Å². The van der Waals surface area contributed by atoms with Gasteiger partial charge in [-0.3, -0.25) is 4.90 Å². The van der Waals surface area contributed by atoms with E-state index in [1.54, 1.807) is 12.1 Å². The average molecular weight is 359 g/mol. The molecule has 6 heteroatoms. The highest BCUT2D eigenvalue weighted by atomic mass is 32.1. The lowest BCUT2D eigenvalue weighted by atomic mass is 9.82. The van der Waals surface area contributed by atoms with Crippen molar-refractivity contribution in [1.82, 2.24) is 4.90 Å². The van der Waals surface area contributed by atoms with Gasteiger partial charge in [0, 0.05) is 30.9 Å². The lowest BCUT2D eigenvalue weighted by Gasteiger charge is -2.44. The molecule has 0 atom stereocenters. The second kappa shape index (κ2) is 6.44. The quantitative estimate of drug-likeness (QED) is 0.881. The van der Waals surface area contributed by atoms with Crippen molar-refractivity contribution in [3.63, 3.8) is 0 Å². The Morgan fingerprint density at radius 1 is 1.28 bits per heavy atom. The number of piperidine rings is 1. The van der Waals surface area contributed by atoms with Crippen molar-refractivity contribution >= 4 is 17.3 Å². The summed E-state index contributed by atoms with van der Waals surface area (Å²) in [6, 6.07) is 9.20. The molecule has 2 N–H and O–H groups in total. The Bertz CT molecular complexity index is 792. The number of benzene rings is 1. The number of thiophene rings is 1. The van der Waals surface area contributed by atoms with Crippen LogP contribution in [-0.4, -0.2) is 40.8 Å². The first kappa shape index (κ1) is 16.6. The Labute approximate surface area is 150 Å². The van der Waals surface area contributed by atoms with Crippen LogP contribution in [0.2, 0.25) is 0 Å². The van der Waals surface area contributed by atoms with Gasteiger partial charge in [0.1, 0.15) is 10.6 Å². The molecule has 4 rings (SSSR count). The van der Waals surface area contributed by atoms with E-state index in [2.05, 4.69) is 4.90 Å². The Kier molecular flexibility index (Phi) is 4.27. The Hall–Kier alpha value is -1.89. The first-order valence-electron chi connectivity index (χ1n) is 8.56. The number of phenolic OH excluding ortho intramolecular Hbond substituents is 1. The van der Waals surface area contributed by atoms with Gasteiger partial charge in [0.15, 0.2) is 0 Å². The minimum absolute atomic E-state index is 0.297. The number of rotatable bonds is 3. The molecule has 2 aromatic rings. The van der Waals surface area contributed by atoms with Crippen LogP contribution < -0.4 is 0 Å². The van der Waals surface area contributed by atoms with Crippen LogP contribution >= 0.6 is 11.3 Å². The molecule has 0 saturated carbocycles. The third kappa shape index (κ3) is 3.17. The zero-order valence-electron chi connectivity index (χ0n) is 13.9. The van der Waals surface area contributed by atoms with Crippen molar-refractivity contribution in [3.8, 4) is 5.75 Å². The van der Waals surface area contributed by atoms with E-state index >= 15 is 0 Å². The largest absolute Gasteiger partial charge is 0.508 e. The lowest BCUT2D eigenvalue weighted by molar-refractivity contribution is -0.0980. The third-order valence-corrected chi connectivity index (χ3v) is 6.38. The summed E-state index contributed by atoms with van der Waals surface area (Å²) in [6.07, 6.45) is 2.55. The molecule has 5 nitrogen and oxygen atoms in total. The third-order valence-electron chi connectivity index (χ3n) is 5.20. The number of carboxylic acids is 1. The molecule has 3 heterocycles. The molecular weight excluding hydrogens is 338 g/mol. The topological polar surface area (TPSA) is 70.0 Å². The second-order valence-electron chi connectivity index (χ2n) is 6.79. The summed E-state index contributed by atoms with van der Waals surface area (Å²) in [4.78, 5) is 15.3. The highest BCUT2D eigenvalue weighted by Gasteiger charge is 2.42. The zero-order chi connectivity index (χ0) is 17.4. The fourth-order valence-electron chi connectivity index (χ4n) is 3.92. The normalized spacial score (nSPS) is 19.7. The van der Waals surface area contributed by atoms with Gasteiger partial charge in [-0.2, -0.15) is 0 Å². The van der Waals surface area contributed by atoms with Gasteiger partial charge in [-0.15, -0.1) is 11.3 Å². The lowest BCUT2D eigenvalue weighted by Crippen LogP contribution is -2.45. The van der Waals surface area contributed by atoms with Gasteiger partial charge in [-0.05, 0) is 42.2 Å². The molecule has 1 aromatic carbocycles. The number of likely N-dealkylation sites (tertiary alicyclic amines) is 1. The fraction of sp³-hybridized carbons (Fsp3) is 0.421. The van der Waals surface area contributed by atoms with Gasteiger partial charge in [0.2, 0.25) is 0 Å².